The first-order valence-electron chi connectivity index (χ1n) is 6.83. The summed E-state index contributed by atoms with van der Waals surface area (Å²) in [4.78, 5) is 2.22. The number of nitrogens with one attached hydrogen (secondary N) is 1. The number of ether oxygens (including phenoxy) is 2. The molecule has 0 aromatic carbocycles. The largest absolute Gasteiger partial charge is 0.390 e. The van der Waals surface area contributed by atoms with Crippen LogP contribution in [-0.2, 0) is 9.47 Å². The molecule has 0 saturated heterocycles. The fourth-order valence-corrected chi connectivity index (χ4v) is 1.76. The highest BCUT2D eigenvalue weighted by atomic mass is 16.5. The molecule has 5 heteroatoms. The third kappa shape index (κ3) is 10.9. The van der Waals surface area contributed by atoms with Crippen LogP contribution in [-0.4, -0.2) is 76.3 Å². The maximum Gasteiger partial charge on any atom is 0.0791 e. The molecule has 0 aliphatic heterocycles. The highest BCUT2D eigenvalue weighted by molar-refractivity contribution is 4.67. The molecule has 0 aromatic heterocycles. The molecule has 0 saturated carbocycles. The summed E-state index contributed by atoms with van der Waals surface area (Å²) in [6.45, 7) is 7.65. The Balaban J connectivity index is 3.80. The smallest absolute Gasteiger partial charge is 0.0791 e. The van der Waals surface area contributed by atoms with E-state index in [1.54, 1.807) is 14.2 Å². The molecular weight excluding hydrogens is 232 g/mol. The number of nitrogens with zero attached hydrogens (tertiary/aromatic N) is 1. The predicted molar refractivity (Wildman–Crippen MR) is 74.0 cm³/mol. The Bertz CT molecular complexity index is 170. The van der Waals surface area contributed by atoms with Gasteiger partial charge in [0.1, 0.15) is 0 Å². The maximum absolute atomic E-state index is 9.93. The Hall–Kier alpha value is -0.200. The number of aliphatic hydroxyl groups is 1. The lowest BCUT2D eigenvalue weighted by atomic mass is 10.3. The first-order chi connectivity index (χ1) is 8.74. The van der Waals surface area contributed by atoms with Crippen LogP contribution < -0.4 is 5.32 Å². The minimum Gasteiger partial charge on any atom is -0.390 e. The monoisotopic (exact) mass is 262 g/mol. The Morgan fingerprint density at radius 3 is 2.50 bits per heavy atom. The van der Waals surface area contributed by atoms with Crippen LogP contribution in [0, 0.1) is 0 Å². The minimum atomic E-state index is -0.323. The van der Waals surface area contributed by atoms with Gasteiger partial charge in [-0.05, 0) is 19.4 Å². The van der Waals surface area contributed by atoms with Crippen molar-refractivity contribution in [1.29, 1.82) is 0 Å². The van der Waals surface area contributed by atoms with Crippen LogP contribution in [0.3, 0.4) is 0 Å². The Morgan fingerprint density at radius 2 is 1.89 bits per heavy atom. The summed E-state index contributed by atoms with van der Waals surface area (Å²) in [5.41, 5.74) is 0. The fraction of sp³-hybridized carbons (Fsp3) is 1.00. The van der Waals surface area contributed by atoms with E-state index in [-0.39, 0.29) is 6.10 Å². The first-order valence-corrected chi connectivity index (χ1v) is 6.83. The molecule has 0 radical (unpaired) electrons. The summed E-state index contributed by atoms with van der Waals surface area (Å²) < 4.78 is 10.1. The molecule has 0 fully saturated rings. The minimum absolute atomic E-state index is 0.323. The van der Waals surface area contributed by atoms with Gasteiger partial charge < -0.3 is 19.9 Å². The highest BCUT2D eigenvalue weighted by Gasteiger charge is 2.11. The van der Waals surface area contributed by atoms with Crippen molar-refractivity contribution in [3.8, 4) is 0 Å². The molecule has 1 atom stereocenters. The molecule has 1 unspecified atom stereocenters. The van der Waals surface area contributed by atoms with Crippen LogP contribution in [0.2, 0.25) is 0 Å². The Morgan fingerprint density at radius 1 is 1.17 bits per heavy atom. The van der Waals surface area contributed by atoms with Crippen molar-refractivity contribution in [2.45, 2.75) is 25.9 Å². The average molecular weight is 262 g/mol. The number of aliphatic hydroxyl groups excluding tert-OH is 1. The van der Waals surface area contributed by atoms with Gasteiger partial charge in [-0.2, -0.15) is 0 Å². The van der Waals surface area contributed by atoms with Gasteiger partial charge in [0.2, 0.25) is 0 Å². The summed E-state index contributed by atoms with van der Waals surface area (Å²) in [6, 6.07) is 0. The van der Waals surface area contributed by atoms with Crippen molar-refractivity contribution in [2.75, 3.05) is 60.2 Å². The van der Waals surface area contributed by atoms with Gasteiger partial charge in [-0.25, -0.2) is 0 Å². The van der Waals surface area contributed by atoms with E-state index in [4.69, 9.17) is 9.47 Å². The molecule has 110 valence electrons. The quantitative estimate of drug-likeness (QED) is 0.469. The van der Waals surface area contributed by atoms with Gasteiger partial charge in [-0.3, -0.25) is 4.90 Å². The van der Waals surface area contributed by atoms with Crippen molar-refractivity contribution < 1.29 is 14.6 Å². The van der Waals surface area contributed by atoms with Gasteiger partial charge >= 0.3 is 0 Å². The normalized spacial score (nSPS) is 13.2. The van der Waals surface area contributed by atoms with Crippen molar-refractivity contribution in [1.82, 2.24) is 10.2 Å². The highest BCUT2D eigenvalue weighted by Crippen LogP contribution is 1.96. The SMILES string of the molecule is CCCNCC(O)CN(CCCOC)CCOC. The molecule has 18 heavy (non-hydrogen) atoms. The molecule has 0 bridgehead atoms. The summed E-state index contributed by atoms with van der Waals surface area (Å²) in [6.07, 6.45) is 1.75. The lowest BCUT2D eigenvalue weighted by Gasteiger charge is -2.24. The van der Waals surface area contributed by atoms with E-state index in [0.717, 1.165) is 39.1 Å². The number of methoxy groups -OCH3 is 2. The van der Waals surface area contributed by atoms with Crippen LogP contribution in [0.4, 0.5) is 0 Å². The van der Waals surface area contributed by atoms with Crippen LogP contribution >= 0.6 is 0 Å². The lowest BCUT2D eigenvalue weighted by Crippen LogP contribution is -2.40. The molecule has 0 aliphatic rings. The fourth-order valence-electron chi connectivity index (χ4n) is 1.76. The second-order valence-electron chi connectivity index (χ2n) is 4.50. The number of rotatable bonds is 13. The van der Waals surface area contributed by atoms with E-state index in [9.17, 15) is 5.11 Å². The van der Waals surface area contributed by atoms with Crippen molar-refractivity contribution >= 4 is 0 Å². The first kappa shape index (κ1) is 17.8. The van der Waals surface area contributed by atoms with Crippen molar-refractivity contribution in [2.24, 2.45) is 0 Å². The van der Waals surface area contributed by atoms with E-state index >= 15 is 0 Å². The second kappa shape index (κ2) is 13.2. The lowest BCUT2D eigenvalue weighted by molar-refractivity contribution is 0.0816. The van der Waals surface area contributed by atoms with E-state index in [2.05, 4.69) is 17.1 Å². The van der Waals surface area contributed by atoms with Gasteiger partial charge in [0.15, 0.2) is 0 Å². The summed E-state index contributed by atoms with van der Waals surface area (Å²) in [5.74, 6) is 0. The zero-order chi connectivity index (χ0) is 13.6. The van der Waals surface area contributed by atoms with E-state index in [1.165, 1.54) is 0 Å². The van der Waals surface area contributed by atoms with Gasteiger partial charge in [-0.15, -0.1) is 0 Å². The molecular formula is C13H30N2O3. The van der Waals surface area contributed by atoms with E-state index in [1.807, 2.05) is 0 Å². The van der Waals surface area contributed by atoms with Gasteiger partial charge in [0.25, 0.3) is 0 Å². The summed E-state index contributed by atoms with van der Waals surface area (Å²) in [7, 11) is 3.41. The predicted octanol–water partition coefficient (Wildman–Crippen LogP) is 0.332. The number of hydrogen-bond donors (Lipinski definition) is 2. The van der Waals surface area contributed by atoms with Crippen LogP contribution in [0.5, 0.6) is 0 Å². The van der Waals surface area contributed by atoms with E-state index < -0.39 is 0 Å². The third-order valence-corrected chi connectivity index (χ3v) is 2.71. The molecule has 0 aromatic rings. The molecule has 0 aliphatic carbocycles. The molecule has 0 rings (SSSR count). The van der Waals surface area contributed by atoms with Crippen molar-refractivity contribution in [3.05, 3.63) is 0 Å². The second-order valence-corrected chi connectivity index (χ2v) is 4.50. The van der Waals surface area contributed by atoms with Crippen molar-refractivity contribution in [3.63, 3.8) is 0 Å². The average Bonchev–Trinajstić information content (AvgIpc) is 2.36. The Kier molecular flexibility index (Phi) is 13.1. The van der Waals surface area contributed by atoms with Gasteiger partial charge in [0, 0.05) is 47.0 Å². The topological polar surface area (TPSA) is 54.0 Å². The van der Waals surface area contributed by atoms with Gasteiger partial charge in [-0.1, -0.05) is 6.92 Å². The zero-order valence-corrected chi connectivity index (χ0v) is 12.2. The third-order valence-electron chi connectivity index (χ3n) is 2.71. The van der Waals surface area contributed by atoms with Crippen LogP contribution in [0.15, 0.2) is 0 Å². The van der Waals surface area contributed by atoms with Crippen LogP contribution in [0.1, 0.15) is 19.8 Å². The van der Waals surface area contributed by atoms with Crippen LogP contribution in [0.25, 0.3) is 0 Å². The Labute approximate surface area is 111 Å². The standard InChI is InChI=1S/C13H30N2O3/c1-4-6-14-11-13(16)12-15(8-10-18-3)7-5-9-17-2/h13-14,16H,4-12H2,1-3H3. The zero-order valence-electron chi connectivity index (χ0n) is 12.2. The molecule has 0 amide bonds. The van der Waals surface area contributed by atoms with Gasteiger partial charge in [0.05, 0.1) is 12.7 Å². The van der Waals surface area contributed by atoms with E-state index in [0.29, 0.717) is 19.7 Å². The summed E-state index contributed by atoms with van der Waals surface area (Å²) >= 11 is 0. The molecule has 0 spiro atoms. The number of hydrogen-bond acceptors (Lipinski definition) is 5. The molecule has 2 N–H and O–H groups in total. The molecule has 5 nitrogen and oxygen atoms in total. The molecule has 0 heterocycles. The summed E-state index contributed by atoms with van der Waals surface area (Å²) in [5, 5.41) is 13.2. The maximum atomic E-state index is 9.93.